The topological polar surface area (TPSA) is 32.8 Å². The molecule has 1 aliphatic rings. The Bertz CT molecular complexity index is 801. The van der Waals surface area contributed by atoms with Gasteiger partial charge in [-0.3, -0.25) is 4.90 Å². The third-order valence-electron chi connectivity index (χ3n) is 4.56. The molecule has 0 radical (unpaired) electrons. The molecule has 0 unspecified atom stereocenters. The highest BCUT2D eigenvalue weighted by molar-refractivity contribution is 6.67. The Balaban J connectivity index is 1.58. The summed E-state index contributed by atoms with van der Waals surface area (Å²) < 4.78 is 3.45. The van der Waals surface area contributed by atoms with Crippen molar-refractivity contribution in [1.82, 2.24) is 9.80 Å². The summed E-state index contributed by atoms with van der Waals surface area (Å²) >= 11 is 22.9. The van der Waals surface area contributed by atoms with Gasteiger partial charge in [-0.1, -0.05) is 82.8 Å². The first-order valence-corrected chi connectivity index (χ1v) is 10.4. The normalized spacial score (nSPS) is 15.5. The van der Waals surface area contributed by atoms with E-state index in [1.54, 1.807) is 4.90 Å². The average Bonchev–Trinajstić information content (AvgIpc) is 2.67. The summed E-state index contributed by atoms with van der Waals surface area (Å²) in [4.78, 5) is 16.0. The second kappa shape index (κ2) is 9.55. The van der Waals surface area contributed by atoms with E-state index in [1.165, 1.54) is 11.1 Å². The number of nitrogens with zero attached hydrogens (tertiary/aromatic N) is 2. The molecule has 28 heavy (non-hydrogen) atoms. The van der Waals surface area contributed by atoms with Gasteiger partial charge in [-0.15, -0.1) is 0 Å². The van der Waals surface area contributed by atoms with Gasteiger partial charge in [0.05, 0.1) is 0 Å². The van der Waals surface area contributed by atoms with Crippen LogP contribution in [0.5, 0.6) is 0 Å². The quantitative estimate of drug-likeness (QED) is 0.553. The SMILES string of the molecule is O=C(OCC(Cl)(Cl)Cl)N1CCN(Cc2ccccc2-c2ccc(Cl)cc2)CC1. The number of benzene rings is 2. The van der Waals surface area contributed by atoms with Crippen molar-refractivity contribution in [3.05, 3.63) is 59.1 Å². The molecule has 1 fully saturated rings. The summed E-state index contributed by atoms with van der Waals surface area (Å²) in [5.74, 6) is 0. The van der Waals surface area contributed by atoms with Crippen molar-refractivity contribution in [3.63, 3.8) is 0 Å². The summed E-state index contributed by atoms with van der Waals surface area (Å²) in [5, 5.41) is 0.721. The third kappa shape index (κ3) is 6.16. The minimum absolute atomic E-state index is 0.259. The van der Waals surface area contributed by atoms with Crippen LogP contribution in [0, 0.1) is 0 Å². The van der Waals surface area contributed by atoms with Gasteiger partial charge in [0.2, 0.25) is 3.79 Å². The van der Waals surface area contributed by atoms with Gasteiger partial charge in [0, 0.05) is 37.7 Å². The van der Waals surface area contributed by atoms with Crippen LogP contribution in [0.4, 0.5) is 4.79 Å². The average molecular weight is 462 g/mol. The van der Waals surface area contributed by atoms with Crippen molar-refractivity contribution in [2.75, 3.05) is 32.8 Å². The molecule has 150 valence electrons. The fourth-order valence-electron chi connectivity index (χ4n) is 3.13. The minimum atomic E-state index is -1.59. The summed E-state index contributed by atoms with van der Waals surface area (Å²) in [7, 11) is 0. The molecule has 1 saturated heterocycles. The fraction of sp³-hybridized carbons (Fsp3) is 0.350. The van der Waals surface area contributed by atoms with Crippen LogP contribution in [-0.2, 0) is 11.3 Å². The standard InChI is InChI=1S/C20H20Cl4N2O2/c21-17-7-5-15(6-8-17)18-4-2-1-3-16(18)13-25-9-11-26(12-10-25)19(27)28-14-20(22,23)24/h1-8H,9-14H2. The second-order valence-corrected chi connectivity index (χ2v) is 9.55. The van der Waals surface area contributed by atoms with Crippen LogP contribution >= 0.6 is 46.4 Å². The maximum absolute atomic E-state index is 12.1. The van der Waals surface area contributed by atoms with Gasteiger partial charge in [-0.25, -0.2) is 4.79 Å². The van der Waals surface area contributed by atoms with Crippen molar-refractivity contribution in [2.24, 2.45) is 0 Å². The molecular weight excluding hydrogens is 442 g/mol. The molecule has 1 amide bonds. The Kier molecular flexibility index (Phi) is 7.35. The smallest absolute Gasteiger partial charge is 0.409 e. The van der Waals surface area contributed by atoms with Crippen LogP contribution in [0.3, 0.4) is 0 Å². The van der Waals surface area contributed by atoms with Crippen molar-refractivity contribution in [2.45, 2.75) is 10.3 Å². The molecule has 0 N–H and O–H groups in total. The molecule has 0 spiro atoms. The summed E-state index contributed by atoms with van der Waals surface area (Å²) in [6.07, 6.45) is -0.451. The molecule has 0 saturated carbocycles. The van der Waals surface area contributed by atoms with E-state index in [2.05, 4.69) is 17.0 Å². The van der Waals surface area contributed by atoms with E-state index < -0.39 is 9.89 Å². The molecule has 1 aliphatic heterocycles. The highest BCUT2D eigenvalue weighted by atomic mass is 35.6. The number of ether oxygens (including phenoxy) is 1. The van der Waals surface area contributed by atoms with Crippen molar-refractivity contribution in [3.8, 4) is 11.1 Å². The van der Waals surface area contributed by atoms with Crippen LogP contribution in [0.2, 0.25) is 5.02 Å². The molecular formula is C20H20Cl4N2O2. The van der Waals surface area contributed by atoms with Gasteiger partial charge in [0.1, 0.15) is 6.61 Å². The first-order chi connectivity index (χ1) is 13.3. The number of carbonyl (C=O) groups is 1. The molecule has 1 heterocycles. The highest BCUT2D eigenvalue weighted by Crippen LogP contribution is 2.27. The number of hydrogen-bond acceptors (Lipinski definition) is 3. The van der Waals surface area contributed by atoms with Gasteiger partial charge in [-0.05, 0) is 28.8 Å². The van der Waals surface area contributed by atoms with Gasteiger partial charge in [0.25, 0.3) is 0 Å². The van der Waals surface area contributed by atoms with Crippen LogP contribution in [-0.4, -0.2) is 52.5 Å². The van der Waals surface area contributed by atoms with E-state index in [9.17, 15) is 4.79 Å². The number of alkyl halides is 3. The molecule has 0 bridgehead atoms. The minimum Gasteiger partial charge on any atom is -0.445 e. The lowest BCUT2D eigenvalue weighted by Crippen LogP contribution is -2.48. The zero-order valence-corrected chi connectivity index (χ0v) is 18.1. The predicted octanol–water partition coefficient (Wildman–Crippen LogP) is 5.63. The zero-order valence-electron chi connectivity index (χ0n) is 15.1. The van der Waals surface area contributed by atoms with Gasteiger partial charge >= 0.3 is 6.09 Å². The lowest BCUT2D eigenvalue weighted by Gasteiger charge is -2.34. The number of halogens is 4. The van der Waals surface area contributed by atoms with E-state index in [-0.39, 0.29) is 6.61 Å². The Morgan fingerprint density at radius 3 is 2.25 bits per heavy atom. The van der Waals surface area contributed by atoms with E-state index >= 15 is 0 Å². The maximum atomic E-state index is 12.1. The lowest BCUT2D eigenvalue weighted by molar-refractivity contribution is 0.0757. The second-order valence-electron chi connectivity index (χ2n) is 6.60. The van der Waals surface area contributed by atoms with Crippen molar-refractivity contribution in [1.29, 1.82) is 0 Å². The monoisotopic (exact) mass is 460 g/mol. The Hall–Kier alpha value is -1.17. The predicted molar refractivity (Wildman–Crippen MR) is 115 cm³/mol. The number of piperazine rings is 1. The van der Waals surface area contributed by atoms with Crippen molar-refractivity contribution < 1.29 is 9.53 Å². The number of rotatable bonds is 4. The molecule has 0 aliphatic carbocycles. The lowest BCUT2D eigenvalue weighted by atomic mass is 9.99. The number of carbonyl (C=O) groups excluding carboxylic acids is 1. The molecule has 8 heteroatoms. The molecule has 2 aromatic carbocycles. The number of amides is 1. The van der Waals surface area contributed by atoms with Gasteiger partial charge in [-0.2, -0.15) is 0 Å². The molecule has 4 nitrogen and oxygen atoms in total. The van der Waals surface area contributed by atoms with Gasteiger partial charge in [0.15, 0.2) is 0 Å². The Morgan fingerprint density at radius 2 is 1.61 bits per heavy atom. The number of hydrogen-bond donors (Lipinski definition) is 0. The Morgan fingerprint density at radius 1 is 0.964 bits per heavy atom. The molecule has 2 aromatic rings. The third-order valence-corrected chi connectivity index (χ3v) is 5.14. The summed E-state index contributed by atoms with van der Waals surface area (Å²) in [6, 6.07) is 16.2. The zero-order chi connectivity index (χ0) is 20.1. The van der Waals surface area contributed by atoms with E-state index in [1.807, 2.05) is 36.4 Å². The largest absolute Gasteiger partial charge is 0.445 e. The molecule has 0 aromatic heterocycles. The molecule has 3 rings (SSSR count). The van der Waals surface area contributed by atoms with Crippen LogP contribution < -0.4 is 0 Å². The Labute approximate surface area is 184 Å². The van der Waals surface area contributed by atoms with Crippen LogP contribution in [0.15, 0.2) is 48.5 Å². The van der Waals surface area contributed by atoms with E-state index in [0.29, 0.717) is 13.1 Å². The first-order valence-electron chi connectivity index (χ1n) is 8.86. The summed E-state index contributed by atoms with van der Waals surface area (Å²) in [5.41, 5.74) is 3.55. The highest BCUT2D eigenvalue weighted by Gasteiger charge is 2.26. The van der Waals surface area contributed by atoms with Gasteiger partial charge < -0.3 is 9.64 Å². The fourth-order valence-corrected chi connectivity index (χ4v) is 3.42. The van der Waals surface area contributed by atoms with Crippen molar-refractivity contribution >= 4 is 52.5 Å². The maximum Gasteiger partial charge on any atom is 0.409 e. The first kappa shape index (κ1) is 21.5. The van der Waals surface area contributed by atoms with E-state index in [4.69, 9.17) is 51.1 Å². The summed E-state index contributed by atoms with van der Waals surface area (Å²) in [6.45, 7) is 3.18. The molecule has 0 atom stereocenters. The van der Waals surface area contributed by atoms with Crippen LogP contribution in [0.25, 0.3) is 11.1 Å². The van der Waals surface area contributed by atoms with E-state index in [0.717, 1.165) is 30.2 Å². The van der Waals surface area contributed by atoms with Crippen LogP contribution in [0.1, 0.15) is 5.56 Å².